The molecule has 1 amide bonds. The molecule has 1 heterocycles. The number of primary amides is 1. The largest absolute Gasteiger partial charge is 0.369 e. The van der Waals surface area contributed by atoms with E-state index in [9.17, 15) is 9.36 Å². The van der Waals surface area contributed by atoms with Gasteiger partial charge in [-0.25, -0.2) is 0 Å². The Balaban J connectivity index is 2.48. The van der Waals surface area contributed by atoms with Crippen LogP contribution in [0.4, 0.5) is 0 Å². The third-order valence-electron chi connectivity index (χ3n) is 3.23. The Morgan fingerprint density at radius 2 is 1.87 bits per heavy atom. The summed E-state index contributed by atoms with van der Waals surface area (Å²) in [5.41, 5.74) is 7.30. The first-order chi connectivity index (χ1) is 11.0. The van der Waals surface area contributed by atoms with Crippen LogP contribution >= 0.6 is 7.60 Å². The minimum Gasteiger partial charge on any atom is -0.369 e. The zero-order valence-electron chi connectivity index (χ0n) is 13.3. The molecule has 124 valence electrons. The number of benzene rings is 1. The average Bonchev–Trinajstić information content (AvgIpc) is 2.47. The van der Waals surface area contributed by atoms with Crippen molar-refractivity contribution >= 4 is 24.4 Å². The van der Waals surface area contributed by atoms with Gasteiger partial charge in [0.05, 0.1) is 37.0 Å². The van der Waals surface area contributed by atoms with Gasteiger partial charge in [0.25, 0.3) is 0 Å². The van der Waals surface area contributed by atoms with Crippen LogP contribution in [0.15, 0.2) is 30.3 Å². The van der Waals surface area contributed by atoms with Gasteiger partial charge in [-0.3, -0.25) is 14.3 Å². The molecule has 2 aromatic rings. The fourth-order valence-electron chi connectivity index (χ4n) is 2.44. The molecule has 1 aromatic heterocycles. The van der Waals surface area contributed by atoms with E-state index in [-0.39, 0.29) is 12.6 Å². The molecule has 0 saturated heterocycles. The van der Waals surface area contributed by atoms with Gasteiger partial charge >= 0.3 is 7.60 Å². The third kappa shape index (κ3) is 4.61. The molecule has 7 heteroatoms. The predicted octanol–water partition coefficient (Wildman–Crippen LogP) is 3.03. The van der Waals surface area contributed by atoms with Gasteiger partial charge in [0.15, 0.2) is 0 Å². The molecule has 0 aliphatic rings. The molecule has 2 N–H and O–H groups in total. The van der Waals surface area contributed by atoms with Crippen molar-refractivity contribution in [1.82, 2.24) is 4.98 Å². The van der Waals surface area contributed by atoms with Crippen molar-refractivity contribution < 1.29 is 18.4 Å². The number of nitrogens with two attached hydrogens (primary N) is 1. The summed E-state index contributed by atoms with van der Waals surface area (Å²) < 4.78 is 23.5. The summed E-state index contributed by atoms with van der Waals surface area (Å²) in [6, 6.07) is 9.23. The molecule has 0 bridgehead atoms. The van der Waals surface area contributed by atoms with Crippen LogP contribution in [0.1, 0.15) is 25.1 Å². The minimum absolute atomic E-state index is 0.0331. The second kappa shape index (κ2) is 7.68. The van der Waals surface area contributed by atoms with Crippen LogP contribution in [0.5, 0.6) is 0 Å². The number of pyridine rings is 1. The van der Waals surface area contributed by atoms with Crippen LogP contribution in [0.2, 0.25) is 0 Å². The summed E-state index contributed by atoms with van der Waals surface area (Å²) in [6.45, 7) is 4.15. The van der Waals surface area contributed by atoms with Gasteiger partial charge in [0.2, 0.25) is 5.91 Å². The highest BCUT2D eigenvalue weighted by atomic mass is 31.2. The van der Waals surface area contributed by atoms with E-state index in [0.717, 1.165) is 16.5 Å². The van der Waals surface area contributed by atoms with E-state index >= 15 is 0 Å². The highest BCUT2D eigenvalue weighted by Crippen LogP contribution is 2.52. The monoisotopic (exact) mass is 336 g/mol. The highest BCUT2D eigenvalue weighted by Gasteiger charge is 2.25. The van der Waals surface area contributed by atoms with E-state index in [1.165, 1.54) is 0 Å². The molecule has 0 spiro atoms. The van der Waals surface area contributed by atoms with Crippen LogP contribution in [0.3, 0.4) is 0 Å². The molecular formula is C16H21N2O4P. The van der Waals surface area contributed by atoms with Crippen molar-refractivity contribution in [2.75, 3.05) is 13.2 Å². The Kier molecular flexibility index (Phi) is 5.88. The fraction of sp³-hybridized carbons (Fsp3) is 0.375. The lowest BCUT2D eigenvalue weighted by atomic mass is 10.1. The standard InChI is InChI=1S/C16H21N2O4P/c1-3-21-23(20,22-4-2)11-12-9-13(10-16(17)19)18-15-8-6-5-7-14(12)15/h5-9H,3-4,10-11H2,1-2H3,(H2,17,19). The maximum absolute atomic E-state index is 12.8. The number of nitrogens with zero attached hydrogens (tertiary/aromatic N) is 1. The number of fused-ring (bicyclic) bond motifs is 1. The van der Waals surface area contributed by atoms with Gasteiger partial charge in [-0.2, -0.15) is 0 Å². The van der Waals surface area contributed by atoms with E-state index in [4.69, 9.17) is 14.8 Å². The number of hydrogen-bond donors (Lipinski definition) is 1. The summed E-state index contributed by atoms with van der Waals surface area (Å²) >= 11 is 0. The van der Waals surface area contributed by atoms with Crippen molar-refractivity contribution in [3.05, 3.63) is 41.6 Å². The second-order valence-electron chi connectivity index (χ2n) is 5.04. The molecule has 23 heavy (non-hydrogen) atoms. The molecule has 0 unspecified atom stereocenters. The molecule has 0 saturated carbocycles. The number of rotatable bonds is 8. The summed E-state index contributed by atoms with van der Waals surface area (Å²) in [6.07, 6.45) is 0.162. The average molecular weight is 336 g/mol. The molecule has 2 rings (SSSR count). The molecule has 0 radical (unpaired) electrons. The molecular weight excluding hydrogens is 315 g/mol. The number of hydrogen-bond acceptors (Lipinski definition) is 5. The molecule has 1 aromatic carbocycles. The Morgan fingerprint density at radius 1 is 1.22 bits per heavy atom. The van der Waals surface area contributed by atoms with Crippen LogP contribution in [0.25, 0.3) is 10.9 Å². The van der Waals surface area contributed by atoms with Crippen LogP contribution < -0.4 is 5.73 Å². The number of aromatic nitrogens is 1. The third-order valence-corrected chi connectivity index (χ3v) is 5.26. The lowest BCUT2D eigenvalue weighted by Crippen LogP contribution is -2.15. The Bertz CT molecular complexity index is 738. The van der Waals surface area contributed by atoms with Crippen LogP contribution in [-0.2, 0) is 31.0 Å². The molecule has 0 fully saturated rings. The summed E-state index contributed by atoms with van der Waals surface area (Å²) in [4.78, 5) is 15.6. The first-order valence-corrected chi connectivity index (χ1v) is 9.24. The first kappa shape index (κ1) is 17.6. The zero-order chi connectivity index (χ0) is 16.9. The molecule has 0 atom stereocenters. The maximum atomic E-state index is 12.8. The van der Waals surface area contributed by atoms with Crippen molar-refractivity contribution in [3.63, 3.8) is 0 Å². The summed E-state index contributed by atoms with van der Waals surface area (Å²) in [7, 11) is -3.24. The van der Waals surface area contributed by atoms with E-state index in [1.807, 2.05) is 24.3 Å². The SMILES string of the molecule is CCOP(=O)(Cc1cc(CC(N)=O)nc2ccccc12)OCC. The van der Waals surface area contributed by atoms with E-state index in [2.05, 4.69) is 4.98 Å². The van der Waals surface area contributed by atoms with Crippen LogP contribution in [-0.4, -0.2) is 24.1 Å². The molecule has 6 nitrogen and oxygen atoms in total. The molecule has 0 aliphatic heterocycles. The van der Waals surface area contributed by atoms with E-state index in [1.54, 1.807) is 19.9 Å². The Hall–Kier alpha value is -1.75. The van der Waals surface area contributed by atoms with Gasteiger partial charge in [-0.05, 0) is 31.5 Å². The zero-order valence-corrected chi connectivity index (χ0v) is 14.2. The predicted molar refractivity (Wildman–Crippen MR) is 89.2 cm³/mol. The summed E-state index contributed by atoms with van der Waals surface area (Å²) in [5.74, 6) is -0.462. The second-order valence-corrected chi connectivity index (χ2v) is 7.09. The normalized spacial score (nSPS) is 11.7. The number of para-hydroxylation sites is 1. The smallest absolute Gasteiger partial charge is 0.335 e. The topological polar surface area (TPSA) is 91.5 Å². The van der Waals surface area contributed by atoms with Gasteiger partial charge < -0.3 is 14.8 Å². The fourth-order valence-corrected chi connectivity index (χ4v) is 4.16. The number of amides is 1. The highest BCUT2D eigenvalue weighted by molar-refractivity contribution is 7.53. The summed E-state index contributed by atoms with van der Waals surface area (Å²) in [5, 5.41) is 0.861. The molecule has 0 aliphatic carbocycles. The van der Waals surface area contributed by atoms with E-state index < -0.39 is 13.5 Å². The van der Waals surface area contributed by atoms with Crippen molar-refractivity contribution in [1.29, 1.82) is 0 Å². The quantitative estimate of drug-likeness (QED) is 0.748. The van der Waals surface area contributed by atoms with Gasteiger partial charge in [0, 0.05) is 5.39 Å². The number of carbonyl (C=O) groups is 1. The Labute approximate surface area is 135 Å². The minimum atomic E-state index is -3.24. The lowest BCUT2D eigenvalue weighted by Gasteiger charge is -2.18. The van der Waals surface area contributed by atoms with Crippen molar-refractivity contribution in [3.8, 4) is 0 Å². The van der Waals surface area contributed by atoms with Crippen LogP contribution in [0, 0.1) is 0 Å². The van der Waals surface area contributed by atoms with Crippen molar-refractivity contribution in [2.24, 2.45) is 5.73 Å². The lowest BCUT2D eigenvalue weighted by molar-refractivity contribution is -0.117. The first-order valence-electron chi connectivity index (χ1n) is 7.51. The Morgan fingerprint density at radius 3 is 2.48 bits per heavy atom. The van der Waals surface area contributed by atoms with E-state index in [0.29, 0.717) is 18.9 Å². The van der Waals surface area contributed by atoms with Gasteiger partial charge in [0.1, 0.15) is 0 Å². The van der Waals surface area contributed by atoms with Gasteiger partial charge in [-0.1, -0.05) is 18.2 Å². The number of carbonyl (C=O) groups excluding carboxylic acids is 1. The van der Waals surface area contributed by atoms with Crippen molar-refractivity contribution in [2.45, 2.75) is 26.4 Å². The van der Waals surface area contributed by atoms with Gasteiger partial charge in [-0.15, -0.1) is 0 Å². The maximum Gasteiger partial charge on any atom is 0.335 e.